The zero-order valence-corrected chi connectivity index (χ0v) is 14.9. The number of hydrogen-bond donors (Lipinski definition) is 0. The number of carbonyl (C=O) groups is 1. The number of piperazine rings is 1. The van der Waals surface area contributed by atoms with E-state index >= 15 is 0 Å². The Morgan fingerprint density at radius 3 is 2.32 bits per heavy atom. The highest BCUT2D eigenvalue weighted by Crippen LogP contribution is 2.31. The van der Waals surface area contributed by atoms with Crippen LogP contribution >= 0.6 is 0 Å². The van der Waals surface area contributed by atoms with E-state index in [0.29, 0.717) is 11.4 Å². The van der Waals surface area contributed by atoms with Crippen LogP contribution in [-0.4, -0.2) is 44.9 Å². The average Bonchev–Trinajstić information content (AvgIpc) is 2.64. The Balaban J connectivity index is 1.90. The van der Waals surface area contributed by atoms with Crippen LogP contribution in [0.4, 0.5) is 5.69 Å². The Hall–Kier alpha value is -2.38. The van der Waals surface area contributed by atoms with E-state index in [2.05, 4.69) is 0 Å². The Bertz CT molecular complexity index is 868. The molecular weight excluding hydrogens is 340 g/mol. The van der Waals surface area contributed by atoms with Crippen molar-refractivity contribution in [3.8, 4) is 5.75 Å². The molecule has 0 N–H and O–H groups in total. The molecule has 1 amide bonds. The fraction of sp³-hybridized carbons (Fsp3) is 0.278. The SMILES string of the molecule is COc1ccccc1N1CCN(S(=O)(=O)c2ccccc2)[C@@H](C)C1=O. The lowest BCUT2D eigenvalue weighted by Crippen LogP contribution is -2.57. The van der Waals surface area contributed by atoms with Crippen LogP contribution < -0.4 is 9.64 Å². The van der Waals surface area contributed by atoms with Gasteiger partial charge in [-0.05, 0) is 31.2 Å². The van der Waals surface area contributed by atoms with E-state index < -0.39 is 16.1 Å². The smallest absolute Gasteiger partial charge is 0.245 e. The van der Waals surface area contributed by atoms with Gasteiger partial charge in [-0.2, -0.15) is 4.31 Å². The number of hydrogen-bond acceptors (Lipinski definition) is 4. The van der Waals surface area contributed by atoms with Gasteiger partial charge in [-0.15, -0.1) is 0 Å². The molecule has 1 saturated heterocycles. The molecule has 0 spiro atoms. The molecule has 2 aromatic carbocycles. The topological polar surface area (TPSA) is 66.9 Å². The lowest BCUT2D eigenvalue weighted by molar-refractivity contribution is -0.123. The number of amides is 1. The van der Waals surface area contributed by atoms with E-state index in [1.807, 2.05) is 12.1 Å². The van der Waals surface area contributed by atoms with Gasteiger partial charge in [0.1, 0.15) is 11.8 Å². The summed E-state index contributed by atoms with van der Waals surface area (Å²) in [4.78, 5) is 14.6. The van der Waals surface area contributed by atoms with Crippen LogP contribution in [-0.2, 0) is 14.8 Å². The highest BCUT2D eigenvalue weighted by Gasteiger charge is 2.40. The molecular formula is C18H20N2O4S. The predicted octanol–water partition coefficient (Wildman–Crippen LogP) is 2.12. The fourth-order valence-corrected chi connectivity index (χ4v) is 4.60. The second-order valence-electron chi connectivity index (χ2n) is 5.77. The Kier molecular flexibility index (Phi) is 4.78. The molecule has 0 unspecified atom stereocenters. The van der Waals surface area contributed by atoms with E-state index in [0.717, 1.165) is 0 Å². The summed E-state index contributed by atoms with van der Waals surface area (Å²) in [5.41, 5.74) is 0.651. The van der Waals surface area contributed by atoms with Gasteiger partial charge in [-0.25, -0.2) is 8.42 Å². The zero-order chi connectivity index (χ0) is 18.0. The molecule has 25 heavy (non-hydrogen) atoms. The molecule has 1 aliphatic rings. The van der Waals surface area contributed by atoms with Crippen LogP contribution in [0.25, 0.3) is 0 Å². The summed E-state index contributed by atoms with van der Waals surface area (Å²) in [5, 5.41) is 0. The molecule has 0 aliphatic carbocycles. The van der Waals surface area contributed by atoms with E-state index in [9.17, 15) is 13.2 Å². The van der Waals surface area contributed by atoms with Crippen molar-refractivity contribution < 1.29 is 17.9 Å². The molecule has 7 heteroatoms. The maximum atomic E-state index is 12.8. The van der Waals surface area contributed by atoms with Crippen LogP contribution in [0.3, 0.4) is 0 Å². The summed E-state index contributed by atoms with van der Waals surface area (Å²) < 4.78 is 32.3. The molecule has 132 valence electrons. The summed E-state index contributed by atoms with van der Waals surface area (Å²) in [6.45, 7) is 2.11. The third kappa shape index (κ3) is 3.12. The van der Waals surface area contributed by atoms with Gasteiger partial charge < -0.3 is 9.64 Å². The fourth-order valence-electron chi connectivity index (χ4n) is 3.00. The molecule has 1 fully saturated rings. The highest BCUT2D eigenvalue weighted by atomic mass is 32.2. The van der Waals surface area contributed by atoms with Crippen LogP contribution in [0.2, 0.25) is 0 Å². The number of para-hydroxylation sites is 2. The number of nitrogens with zero attached hydrogens (tertiary/aromatic N) is 2. The van der Waals surface area contributed by atoms with Gasteiger partial charge in [0.05, 0.1) is 17.7 Å². The molecule has 2 aromatic rings. The van der Waals surface area contributed by atoms with E-state index in [1.54, 1.807) is 61.4 Å². The maximum absolute atomic E-state index is 12.8. The number of sulfonamides is 1. The largest absolute Gasteiger partial charge is 0.495 e. The Morgan fingerprint density at radius 2 is 1.64 bits per heavy atom. The van der Waals surface area contributed by atoms with Gasteiger partial charge in [0, 0.05) is 13.1 Å². The number of carbonyl (C=O) groups excluding carboxylic acids is 1. The van der Waals surface area contributed by atoms with Gasteiger partial charge in [0.2, 0.25) is 15.9 Å². The zero-order valence-electron chi connectivity index (χ0n) is 14.1. The highest BCUT2D eigenvalue weighted by molar-refractivity contribution is 7.89. The normalized spacial score (nSPS) is 19.0. The van der Waals surface area contributed by atoms with Gasteiger partial charge in [0.25, 0.3) is 0 Å². The summed E-state index contributed by atoms with van der Waals surface area (Å²) in [6.07, 6.45) is 0. The third-order valence-electron chi connectivity index (χ3n) is 4.33. The number of anilines is 1. The first-order valence-electron chi connectivity index (χ1n) is 7.98. The molecule has 3 rings (SSSR count). The molecule has 1 heterocycles. The number of ether oxygens (including phenoxy) is 1. The second kappa shape index (κ2) is 6.85. The van der Waals surface area contributed by atoms with E-state index in [4.69, 9.17) is 4.74 Å². The molecule has 6 nitrogen and oxygen atoms in total. The number of rotatable bonds is 4. The average molecular weight is 360 g/mol. The molecule has 0 bridgehead atoms. The minimum atomic E-state index is -3.71. The third-order valence-corrected chi connectivity index (χ3v) is 6.31. The minimum absolute atomic E-state index is 0.195. The van der Waals surface area contributed by atoms with Crippen molar-refractivity contribution in [3.63, 3.8) is 0 Å². The van der Waals surface area contributed by atoms with Crippen molar-refractivity contribution in [3.05, 3.63) is 54.6 Å². The summed E-state index contributed by atoms with van der Waals surface area (Å²) in [7, 11) is -2.17. The second-order valence-corrected chi connectivity index (χ2v) is 7.66. The lowest BCUT2D eigenvalue weighted by atomic mass is 10.2. The van der Waals surface area contributed by atoms with E-state index in [1.165, 1.54) is 4.31 Å². The van der Waals surface area contributed by atoms with Gasteiger partial charge in [-0.3, -0.25) is 4.79 Å². The Labute approximate surface area is 147 Å². The van der Waals surface area contributed by atoms with Crippen LogP contribution in [0.15, 0.2) is 59.5 Å². The maximum Gasteiger partial charge on any atom is 0.245 e. The quantitative estimate of drug-likeness (QED) is 0.838. The summed E-state index contributed by atoms with van der Waals surface area (Å²) >= 11 is 0. The van der Waals surface area contributed by atoms with Crippen molar-refractivity contribution in [2.45, 2.75) is 17.9 Å². The molecule has 0 radical (unpaired) electrons. The first-order chi connectivity index (χ1) is 12.0. The Morgan fingerprint density at radius 1 is 1.00 bits per heavy atom. The number of benzene rings is 2. The predicted molar refractivity (Wildman–Crippen MR) is 95.1 cm³/mol. The molecule has 1 aliphatic heterocycles. The summed E-state index contributed by atoms with van der Waals surface area (Å²) in [6, 6.07) is 14.6. The van der Waals surface area contributed by atoms with Gasteiger partial charge >= 0.3 is 0 Å². The van der Waals surface area contributed by atoms with Gasteiger partial charge in [-0.1, -0.05) is 30.3 Å². The molecule has 0 aromatic heterocycles. The molecule has 1 atom stereocenters. The standard InChI is InChI=1S/C18H20N2O4S/c1-14-18(21)19(16-10-6-7-11-17(16)24-2)12-13-20(14)25(22,23)15-8-4-3-5-9-15/h3-11,14H,12-13H2,1-2H3/t14-/m0/s1. The van der Waals surface area contributed by atoms with Crippen LogP contribution in [0.5, 0.6) is 5.75 Å². The van der Waals surface area contributed by atoms with Crippen molar-refractivity contribution >= 4 is 21.6 Å². The van der Waals surface area contributed by atoms with Crippen molar-refractivity contribution in [2.24, 2.45) is 0 Å². The molecule has 0 saturated carbocycles. The minimum Gasteiger partial charge on any atom is -0.495 e. The first-order valence-corrected chi connectivity index (χ1v) is 9.42. The lowest BCUT2D eigenvalue weighted by Gasteiger charge is -2.38. The summed E-state index contributed by atoms with van der Waals surface area (Å²) in [5.74, 6) is 0.317. The van der Waals surface area contributed by atoms with Gasteiger partial charge in [0.15, 0.2) is 0 Å². The van der Waals surface area contributed by atoms with Crippen LogP contribution in [0.1, 0.15) is 6.92 Å². The van der Waals surface area contributed by atoms with Crippen molar-refractivity contribution in [1.82, 2.24) is 4.31 Å². The monoisotopic (exact) mass is 360 g/mol. The van der Waals surface area contributed by atoms with Crippen molar-refractivity contribution in [1.29, 1.82) is 0 Å². The van der Waals surface area contributed by atoms with Crippen LogP contribution in [0, 0.1) is 0 Å². The van der Waals surface area contributed by atoms with E-state index in [-0.39, 0.29) is 23.9 Å². The number of methoxy groups -OCH3 is 1. The first kappa shape index (κ1) is 17.4. The van der Waals surface area contributed by atoms with Crippen molar-refractivity contribution in [2.75, 3.05) is 25.1 Å².